The second-order valence-electron chi connectivity index (χ2n) is 4.92. The van der Waals surface area contributed by atoms with Gasteiger partial charge in [0.15, 0.2) is 11.2 Å². The molecule has 0 bridgehead atoms. The second kappa shape index (κ2) is 6.42. The van der Waals surface area contributed by atoms with Crippen molar-refractivity contribution >= 4 is 22.8 Å². The Morgan fingerprint density at radius 1 is 1.45 bits per heavy atom. The van der Waals surface area contributed by atoms with Crippen molar-refractivity contribution in [3.8, 4) is 0 Å². The Bertz CT molecular complexity index is 853. The van der Waals surface area contributed by atoms with E-state index in [0.29, 0.717) is 23.7 Å². The van der Waals surface area contributed by atoms with E-state index in [-0.39, 0.29) is 0 Å². The first-order chi connectivity index (χ1) is 10.5. The van der Waals surface area contributed by atoms with Crippen LogP contribution in [0.25, 0.3) is 11.2 Å². The van der Waals surface area contributed by atoms with Crippen molar-refractivity contribution in [2.45, 2.75) is 33.7 Å². The predicted octanol–water partition coefficient (Wildman–Crippen LogP) is 1.20. The number of hydrazone groups is 1. The van der Waals surface area contributed by atoms with Gasteiger partial charge in [0.05, 0.1) is 0 Å². The summed E-state index contributed by atoms with van der Waals surface area (Å²) in [6.45, 7) is 6.25. The highest BCUT2D eigenvalue weighted by Crippen LogP contribution is 2.15. The summed E-state index contributed by atoms with van der Waals surface area (Å²) in [4.78, 5) is 30.5. The highest BCUT2D eigenvalue weighted by Gasteiger charge is 2.16. The third-order valence-electron chi connectivity index (χ3n) is 3.39. The van der Waals surface area contributed by atoms with E-state index >= 15 is 0 Å². The molecule has 0 aliphatic rings. The van der Waals surface area contributed by atoms with Gasteiger partial charge in [0.2, 0.25) is 5.95 Å². The molecule has 0 saturated heterocycles. The molecular weight excluding hydrogens is 284 g/mol. The zero-order chi connectivity index (χ0) is 16.3. The van der Waals surface area contributed by atoms with Gasteiger partial charge in [-0.05, 0) is 20.3 Å². The minimum Gasteiger partial charge on any atom is -0.299 e. The monoisotopic (exact) mass is 304 g/mol. The molecule has 0 unspecified atom stereocenters. The van der Waals surface area contributed by atoms with E-state index in [1.807, 2.05) is 32.9 Å². The maximum Gasteiger partial charge on any atom is 0.329 e. The molecule has 0 radical (unpaired) electrons. The quantitative estimate of drug-likeness (QED) is 0.492. The van der Waals surface area contributed by atoms with Gasteiger partial charge in [-0.3, -0.25) is 18.9 Å². The molecule has 2 N–H and O–H groups in total. The van der Waals surface area contributed by atoms with Crippen molar-refractivity contribution < 1.29 is 0 Å². The fourth-order valence-electron chi connectivity index (χ4n) is 1.93. The first kappa shape index (κ1) is 15.7. The van der Waals surface area contributed by atoms with Crippen LogP contribution in [0.1, 0.15) is 27.2 Å². The first-order valence-electron chi connectivity index (χ1n) is 7.09. The molecule has 0 saturated carbocycles. The van der Waals surface area contributed by atoms with E-state index in [1.54, 1.807) is 11.6 Å². The van der Waals surface area contributed by atoms with Gasteiger partial charge in [-0.2, -0.15) is 10.1 Å². The van der Waals surface area contributed by atoms with Gasteiger partial charge in [-0.1, -0.05) is 19.1 Å². The lowest BCUT2D eigenvalue weighted by Crippen LogP contribution is -2.29. The maximum atomic E-state index is 12.1. The summed E-state index contributed by atoms with van der Waals surface area (Å²) in [6.07, 6.45) is 4.58. The topological polar surface area (TPSA) is 97.1 Å². The van der Waals surface area contributed by atoms with Gasteiger partial charge in [-0.15, -0.1) is 0 Å². The average Bonchev–Trinajstić information content (AvgIpc) is 2.87. The maximum absolute atomic E-state index is 12.1. The number of allylic oxidation sites excluding steroid dienone is 2. The second-order valence-corrected chi connectivity index (χ2v) is 4.92. The molecule has 2 aromatic heterocycles. The number of nitrogens with zero attached hydrogens (tertiary/aromatic N) is 4. The summed E-state index contributed by atoms with van der Waals surface area (Å²) in [6, 6.07) is 0. The van der Waals surface area contributed by atoms with Gasteiger partial charge in [0.1, 0.15) is 0 Å². The number of H-pyrrole nitrogens is 1. The van der Waals surface area contributed by atoms with E-state index in [0.717, 1.165) is 12.1 Å². The summed E-state index contributed by atoms with van der Waals surface area (Å²) in [5.74, 6) is 0.424. The molecule has 8 heteroatoms. The van der Waals surface area contributed by atoms with E-state index in [4.69, 9.17) is 0 Å². The lowest BCUT2D eigenvalue weighted by Gasteiger charge is -2.05. The fraction of sp³-hybridized carbons (Fsp3) is 0.429. The van der Waals surface area contributed by atoms with Gasteiger partial charge in [0, 0.05) is 19.3 Å². The van der Waals surface area contributed by atoms with Crippen LogP contribution in [0.4, 0.5) is 5.95 Å². The summed E-state index contributed by atoms with van der Waals surface area (Å²) >= 11 is 0. The van der Waals surface area contributed by atoms with E-state index in [9.17, 15) is 9.59 Å². The number of aromatic nitrogens is 4. The number of aromatic amines is 1. The first-order valence-corrected chi connectivity index (χ1v) is 7.09. The Morgan fingerprint density at radius 3 is 2.82 bits per heavy atom. The highest BCUT2D eigenvalue weighted by atomic mass is 16.2. The zero-order valence-corrected chi connectivity index (χ0v) is 13.2. The van der Waals surface area contributed by atoms with Gasteiger partial charge in [0.25, 0.3) is 5.56 Å². The van der Waals surface area contributed by atoms with Crippen LogP contribution in [0, 0.1) is 0 Å². The van der Waals surface area contributed by atoms with Crippen molar-refractivity contribution in [1.29, 1.82) is 0 Å². The Kier molecular flexibility index (Phi) is 4.59. The number of fused-ring (bicyclic) bond motifs is 1. The number of imidazole rings is 1. The Balaban J connectivity index is 2.69. The molecule has 0 amide bonds. The molecule has 0 spiro atoms. The summed E-state index contributed by atoms with van der Waals surface area (Å²) in [5, 5.41) is 4.22. The van der Waals surface area contributed by atoms with Crippen molar-refractivity contribution in [3.05, 3.63) is 33.0 Å². The van der Waals surface area contributed by atoms with Crippen LogP contribution in [0.15, 0.2) is 26.8 Å². The molecular formula is C14H20N6O2. The Hall–Kier alpha value is -2.64. The highest BCUT2D eigenvalue weighted by molar-refractivity contribution is 5.82. The standard InChI is InChI=1S/C14H20N6O2/c1-5-7-8-20-10-11(19(4)14(22)16-12(10)21)15-13(20)18-17-9(3)6-2/h5,7H,6,8H2,1-4H3,(H,15,18)(H,16,21,22)/b7-5+,17-9-. The van der Waals surface area contributed by atoms with E-state index in [2.05, 4.69) is 20.5 Å². The van der Waals surface area contributed by atoms with Gasteiger partial charge < -0.3 is 0 Å². The van der Waals surface area contributed by atoms with E-state index in [1.165, 1.54) is 4.57 Å². The lowest BCUT2D eigenvalue weighted by molar-refractivity contribution is 0.818. The normalized spacial score (nSPS) is 12.5. The van der Waals surface area contributed by atoms with Crippen molar-refractivity contribution in [2.75, 3.05) is 5.43 Å². The molecule has 22 heavy (non-hydrogen) atoms. The SMILES string of the molecule is C/C=C/Cn1c(N/N=C(/C)CC)nc2c1c(=O)[nH]c(=O)n2C. The number of anilines is 1. The summed E-state index contributed by atoms with van der Waals surface area (Å²) in [5.41, 5.74) is 3.50. The van der Waals surface area contributed by atoms with Crippen LogP contribution in [0.2, 0.25) is 0 Å². The van der Waals surface area contributed by atoms with Crippen LogP contribution in [0.5, 0.6) is 0 Å². The van der Waals surface area contributed by atoms with Crippen LogP contribution in [-0.2, 0) is 13.6 Å². The van der Waals surface area contributed by atoms with Crippen molar-refractivity contribution in [2.24, 2.45) is 12.1 Å². The van der Waals surface area contributed by atoms with E-state index < -0.39 is 11.2 Å². The molecule has 118 valence electrons. The molecule has 8 nitrogen and oxygen atoms in total. The molecule has 0 aromatic carbocycles. The van der Waals surface area contributed by atoms with Gasteiger partial charge in [-0.25, -0.2) is 10.2 Å². The number of nitrogens with one attached hydrogen (secondary N) is 2. The van der Waals surface area contributed by atoms with Crippen molar-refractivity contribution in [1.82, 2.24) is 19.1 Å². The van der Waals surface area contributed by atoms with Gasteiger partial charge >= 0.3 is 5.69 Å². The fourth-order valence-corrected chi connectivity index (χ4v) is 1.93. The number of rotatable bonds is 5. The summed E-state index contributed by atoms with van der Waals surface area (Å²) in [7, 11) is 1.57. The number of aryl methyl sites for hydroxylation is 1. The zero-order valence-electron chi connectivity index (χ0n) is 13.2. The average molecular weight is 304 g/mol. The largest absolute Gasteiger partial charge is 0.329 e. The third kappa shape index (κ3) is 2.85. The molecule has 0 fully saturated rings. The van der Waals surface area contributed by atoms with Crippen LogP contribution in [-0.4, -0.2) is 24.8 Å². The van der Waals surface area contributed by atoms with Crippen LogP contribution < -0.4 is 16.7 Å². The number of hydrogen-bond donors (Lipinski definition) is 2. The molecule has 0 atom stereocenters. The predicted molar refractivity (Wildman–Crippen MR) is 87.4 cm³/mol. The minimum atomic E-state index is -0.493. The smallest absolute Gasteiger partial charge is 0.299 e. The lowest BCUT2D eigenvalue weighted by atomic mass is 10.3. The minimum absolute atomic E-state index is 0.324. The molecule has 2 heterocycles. The molecule has 0 aliphatic heterocycles. The Morgan fingerprint density at radius 2 is 2.18 bits per heavy atom. The van der Waals surface area contributed by atoms with Crippen LogP contribution in [0.3, 0.4) is 0 Å². The summed E-state index contributed by atoms with van der Waals surface area (Å²) < 4.78 is 3.00. The molecule has 2 rings (SSSR count). The number of hydrogen-bond acceptors (Lipinski definition) is 5. The molecule has 0 aliphatic carbocycles. The molecule has 2 aromatic rings. The Labute approximate surface area is 127 Å². The third-order valence-corrected chi connectivity index (χ3v) is 3.39. The van der Waals surface area contributed by atoms with Crippen LogP contribution >= 0.6 is 0 Å². The van der Waals surface area contributed by atoms with Crippen molar-refractivity contribution in [3.63, 3.8) is 0 Å².